The number of benzene rings is 8. The van der Waals surface area contributed by atoms with Crippen molar-refractivity contribution < 1.29 is 8.83 Å². The van der Waals surface area contributed by atoms with E-state index in [2.05, 4.69) is 162 Å². The molecule has 1 atom stereocenters. The minimum absolute atomic E-state index is 0.349. The summed E-state index contributed by atoms with van der Waals surface area (Å²) >= 11 is 0. The van der Waals surface area contributed by atoms with Gasteiger partial charge < -0.3 is 18.3 Å². The molecular weight excluding hydrogens is 713 g/mol. The Balaban J connectivity index is 0.937. The minimum atomic E-state index is -0.349. The van der Waals surface area contributed by atoms with Crippen LogP contribution in [-0.4, -0.2) is 28.2 Å². The summed E-state index contributed by atoms with van der Waals surface area (Å²) in [4.78, 5) is 12.5. The lowest BCUT2D eigenvalue weighted by Gasteiger charge is -2.32. The molecule has 0 saturated heterocycles. The molecule has 3 aromatic heterocycles. The molecule has 1 aliphatic rings. The van der Waals surface area contributed by atoms with Gasteiger partial charge in [0.05, 0.1) is 11.0 Å². The first-order valence-corrected chi connectivity index (χ1v) is 19.6. The van der Waals surface area contributed by atoms with Crippen molar-refractivity contribution >= 4 is 77.4 Å². The summed E-state index contributed by atoms with van der Waals surface area (Å²) in [6.07, 6.45) is -0.349. The Morgan fingerprint density at radius 3 is 1.76 bits per heavy atom. The quantitative estimate of drug-likeness (QED) is 0.176. The fraction of sp³-hybridized carbons (Fsp3) is 0.0385. The van der Waals surface area contributed by atoms with Gasteiger partial charge >= 0.3 is 0 Å². The highest BCUT2D eigenvalue weighted by Crippen LogP contribution is 2.40. The minimum Gasteiger partial charge on any atom is -0.456 e. The molecule has 274 valence electrons. The zero-order chi connectivity index (χ0) is 38.3. The van der Waals surface area contributed by atoms with Gasteiger partial charge in [-0.15, -0.1) is 0 Å². The number of aliphatic imine (C=N–C) groups is 2. The van der Waals surface area contributed by atoms with Gasteiger partial charge in [-0.05, 0) is 65.7 Å². The molecule has 11 aromatic rings. The van der Waals surface area contributed by atoms with Crippen molar-refractivity contribution in [3.8, 4) is 16.8 Å². The normalized spacial score (nSPS) is 14.6. The third-order valence-corrected chi connectivity index (χ3v) is 11.7. The van der Waals surface area contributed by atoms with Gasteiger partial charge in [0.25, 0.3) is 0 Å². The van der Waals surface area contributed by atoms with Gasteiger partial charge in [0, 0.05) is 61.7 Å². The monoisotopic (exact) mass is 746 g/mol. The Labute approximate surface area is 333 Å². The van der Waals surface area contributed by atoms with Gasteiger partial charge in [0.1, 0.15) is 28.2 Å². The molecule has 0 spiro atoms. The van der Waals surface area contributed by atoms with Gasteiger partial charge in [-0.25, -0.2) is 9.98 Å². The number of rotatable bonds is 5. The van der Waals surface area contributed by atoms with Crippen LogP contribution in [0.4, 0.5) is 0 Å². The molecule has 6 heteroatoms. The van der Waals surface area contributed by atoms with E-state index >= 15 is 0 Å². The van der Waals surface area contributed by atoms with E-state index in [1.54, 1.807) is 0 Å². The van der Waals surface area contributed by atoms with E-state index in [-0.39, 0.29) is 6.17 Å². The third kappa shape index (κ3) is 4.98. The van der Waals surface area contributed by atoms with Crippen molar-refractivity contribution in [3.05, 3.63) is 199 Å². The molecular formula is C52H34N4O2. The average Bonchev–Trinajstić information content (AvgIpc) is 3.96. The van der Waals surface area contributed by atoms with Crippen molar-refractivity contribution in [1.29, 1.82) is 0 Å². The van der Waals surface area contributed by atoms with E-state index in [9.17, 15) is 0 Å². The first-order chi connectivity index (χ1) is 28.7. The molecule has 4 heterocycles. The van der Waals surface area contributed by atoms with Crippen molar-refractivity contribution in [2.24, 2.45) is 9.98 Å². The topological polar surface area (TPSA) is 59.2 Å². The fourth-order valence-electron chi connectivity index (χ4n) is 8.87. The van der Waals surface area contributed by atoms with E-state index in [0.29, 0.717) is 5.84 Å². The summed E-state index contributed by atoms with van der Waals surface area (Å²) in [6.45, 7) is 0. The molecule has 6 nitrogen and oxygen atoms in total. The molecule has 0 aliphatic carbocycles. The zero-order valence-corrected chi connectivity index (χ0v) is 31.5. The van der Waals surface area contributed by atoms with Crippen molar-refractivity contribution in [2.75, 3.05) is 7.05 Å². The summed E-state index contributed by atoms with van der Waals surface area (Å²) in [5.74, 6) is 1.56. The molecule has 8 aromatic carbocycles. The van der Waals surface area contributed by atoms with E-state index in [1.165, 1.54) is 21.8 Å². The maximum atomic E-state index is 6.81. The number of hydrogen-bond donors (Lipinski definition) is 0. The van der Waals surface area contributed by atoms with Crippen LogP contribution in [0.3, 0.4) is 0 Å². The van der Waals surface area contributed by atoms with Crippen LogP contribution in [0.5, 0.6) is 0 Å². The van der Waals surface area contributed by atoms with E-state index < -0.39 is 0 Å². The third-order valence-electron chi connectivity index (χ3n) is 11.7. The second-order valence-corrected chi connectivity index (χ2v) is 15.0. The van der Waals surface area contributed by atoms with Crippen LogP contribution in [0.15, 0.2) is 201 Å². The number of hydrogen-bond acceptors (Lipinski definition) is 5. The lowest BCUT2D eigenvalue weighted by molar-refractivity contribution is 0.382. The Hall–Kier alpha value is -7.70. The molecule has 0 saturated carbocycles. The van der Waals surface area contributed by atoms with Gasteiger partial charge in [-0.3, -0.25) is 0 Å². The largest absolute Gasteiger partial charge is 0.456 e. The Morgan fingerprint density at radius 1 is 0.448 bits per heavy atom. The summed E-state index contributed by atoms with van der Waals surface area (Å²) in [5.41, 5.74) is 11.9. The number of amidine groups is 2. The molecule has 0 fully saturated rings. The standard InChI is InChI=1S/C52H34N4O2/c1-55-51(33-15-6-3-7-16-33)53-50(32-13-4-2-5-14-32)54-52(55)42-20-12-19-41-39-26-23-35(30-48(39)58-49(41)42)34-24-27-40-43-31-36(25-28-46(43)57-47(40)29-34)56-44-21-10-8-17-37(44)38-18-9-11-22-45(38)56/h2-31,52H,1H3. The summed E-state index contributed by atoms with van der Waals surface area (Å²) in [5, 5.41) is 6.78. The molecule has 12 rings (SSSR count). The molecule has 0 amide bonds. The SMILES string of the molecule is CN1C(c2ccccc2)=NC(c2ccccc2)=NC1c1cccc2c1oc1cc(-c3ccc4c(c3)oc3ccc(-n5c6ccccc6c6ccccc65)cc34)ccc12. The highest BCUT2D eigenvalue weighted by atomic mass is 16.3. The molecule has 0 radical (unpaired) electrons. The van der Waals surface area contributed by atoms with Crippen LogP contribution in [0.2, 0.25) is 0 Å². The predicted molar refractivity (Wildman–Crippen MR) is 237 cm³/mol. The van der Waals surface area contributed by atoms with Crippen molar-refractivity contribution in [1.82, 2.24) is 9.47 Å². The summed E-state index contributed by atoms with van der Waals surface area (Å²) in [6, 6.07) is 63.5. The van der Waals surface area contributed by atoms with E-state index in [4.69, 9.17) is 18.8 Å². The smallest absolute Gasteiger partial charge is 0.159 e. The number of aromatic nitrogens is 1. The predicted octanol–water partition coefficient (Wildman–Crippen LogP) is 13.1. The average molecular weight is 747 g/mol. The van der Waals surface area contributed by atoms with E-state index in [1.807, 2.05) is 36.4 Å². The maximum Gasteiger partial charge on any atom is 0.159 e. The molecule has 0 N–H and O–H groups in total. The second-order valence-electron chi connectivity index (χ2n) is 15.0. The highest BCUT2D eigenvalue weighted by molar-refractivity contribution is 6.14. The van der Waals surface area contributed by atoms with Crippen LogP contribution in [0, 0.1) is 0 Å². The van der Waals surface area contributed by atoms with Crippen molar-refractivity contribution in [2.45, 2.75) is 6.17 Å². The zero-order valence-electron chi connectivity index (χ0n) is 31.5. The van der Waals surface area contributed by atoms with Crippen LogP contribution >= 0.6 is 0 Å². The Morgan fingerprint density at radius 2 is 1.05 bits per heavy atom. The number of furan rings is 2. The maximum absolute atomic E-state index is 6.81. The lowest BCUT2D eigenvalue weighted by atomic mass is 10.0. The number of nitrogens with zero attached hydrogens (tertiary/aromatic N) is 4. The first kappa shape index (κ1) is 32.5. The van der Waals surface area contributed by atoms with Gasteiger partial charge in [-0.2, -0.15) is 0 Å². The summed E-state index contributed by atoms with van der Waals surface area (Å²) in [7, 11) is 2.06. The number of fused-ring (bicyclic) bond motifs is 9. The van der Waals surface area contributed by atoms with Crippen LogP contribution in [0.1, 0.15) is 22.9 Å². The van der Waals surface area contributed by atoms with Crippen LogP contribution in [-0.2, 0) is 0 Å². The van der Waals surface area contributed by atoms with Gasteiger partial charge in [0.2, 0.25) is 0 Å². The molecule has 0 bridgehead atoms. The Kier molecular flexibility index (Phi) is 7.10. The van der Waals surface area contributed by atoms with Crippen LogP contribution in [0.25, 0.3) is 82.5 Å². The highest BCUT2D eigenvalue weighted by Gasteiger charge is 2.29. The summed E-state index contributed by atoms with van der Waals surface area (Å²) < 4.78 is 15.7. The van der Waals surface area contributed by atoms with Crippen molar-refractivity contribution in [3.63, 3.8) is 0 Å². The second kappa shape index (κ2) is 12.7. The molecule has 58 heavy (non-hydrogen) atoms. The number of para-hydroxylation sites is 3. The van der Waals surface area contributed by atoms with Gasteiger partial charge in [-0.1, -0.05) is 127 Å². The lowest BCUT2D eigenvalue weighted by Crippen LogP contribution is -2.35. The molecule has 1 unspecified atom stereocenters. The molecule has 1 aliphatic heterocycles. The van der Waals surface area contributed by atoms with E-state index in [0.717, 1.165) is 83.2 Å². The van der Waals surface area contributed by atoms with Gasteiger partial charge in [0.15, 0.2) is 12.0 Å². The fourth-order valence-corrected chi connectivity index (χ4v) is 8.87. The Bertz CT molecular complexity index is 3430. The first-order valence-electron chi connectivity index (χ1n) is 19.6. The van der Waals surface area contributed by atoms with Crippen LogP contribution < -0.4 is 0 Å².